The largest absolute Gasteiger partial charge is 0.372 e. The first-order valence-corrected chi connectivity index (χ1v) is 5.95. The third kappa shape index (κ3) is 2.49. The number of aromatic nitrogens is 1. The summed E-state index contributed by atoms with van der Waals surface area (Å²) in [6.45, 7) is 3.03. The van der Waals surface area contributed by atoms with E-state index in [-0.39, 0.29) is 5.91 Å². The fourth-order valence-electron chi connectivity index (χ4n) is 1.89. The van der Waals surface area contributed by atoms with Crippen molar-refractivity contribution in [2.24, 2.45) is 7.05 Å². The number of halogens is 1. The molecule has 0 aliphatic rings. The number of nitrogens with zero attached hydrogens (tertiary/aromatic N) is 1. The molecule has 96 valence electrons. The highest BCUT2D eigenvalue weighted by Crippen LogP contribution is 2.24. The zero-order valence-electron chi connectivity index (χ0n) is 10.5. The molecule has 1 heterocycles. The highest BCUT2D eigenvalue weighted by atomic mass is 35.5. The molecular weight excluding hydrogens is 252 g/mol. The number of rotatable bonds is 2. The summed E-state index contributed by atoms with van der Waals surface area (Å²) >= 11 is 5.95. The second-order valence-corrected chi connectivity index (χ2v) is 5.26. The molecule has 0 aliphatic heterocycles. The van der Waals surface area contributed by atoms with Gasteiger partial charge in [0.15, 0.2) is 0 Å². The Morgan fingerprint density at radius 1 is 1.44 bits per heavy atom. The zero-order valence-corrected chi connectivity index (χ0v) is 11.2. The van der Waals surface area contributed by atoms with E-state index in [2.05, 4.69) is 5.32 Å². The summed E-state index contributed by atoms with van der Waals surface area (Å²) in [7, 11) is 1.86. The van der Waals surface area contributed by atoms with Crippen molar-refractivity contribution >= 4 is 28.4 Å². The molecule has 0 aliphatic carbocycles. The van der Waals surface area contributed by atoms with Gasteiger partial charge in [0.25, 0.3) is 5.91 Å². The predicted molar refractivity (Wildman–Crippen MR) is 71.7 cm³/mol. The third-order valence-electron chi connectivity index (χ3n) is 2.62. The van der Waals surface area contributed by atoms with Crippen LogP contribution in [0.5, 0.6) is 0 Å². The van der Waals surface area contributed by atoms with Crippen LogP contribution in [0.2, 0.25) is 5.02 Å². The lowest BCUT2D eigenvalue weighted by Crippen LogP contribution is -2.43. The summed E-state index contributed by atoms with van der Waals surface area (Å²) < 4.78 is 1.85. The van der Waals surface area contributed by atoms with Crippen molar-refractivity contribution in [3.05, 3.63) is 35.0 Å². The van der Waals surface area contributed by atoms with Crippen molar-refractivity contribution in [3.8, 4) is 0 Å². The van der Waals surface area contributed by atoms with E-state index in [1.54, 1.807) is 18.3 Å². The van der Waals surface area contributed by atoms with E-state index in [1.165, 1.54) is 13.8 Å². The molecule has 1 aromatic heterocycles. The minimum Gasteiger partial charge on any atom is -0.372 e. The van der Waals surface area contributed by atoms with Crippen LogP contribution in [0.25, 0.3) is 10.9 Å². The van der Waals surface area contributed by atoms with Crippen molar-refractivity contribution in [1.29, 1.82) is 0 Å². The maximum Gasteiger partial charge on any atom is 0.255 e. The van der Waals surface area contributed by atoms with Crippen LogP contribution in [0.15, 0.2) is 24.4 Å². The topological polar surface area (TPSA) is 54.3 Å². The average Bonchev–Trinajstić information content (AvgIpc) is 2.53. The van der Waals surface area contributed by atoms with Crippen molar-refractivity contribution < 1.29 is 9.90 Å². The second kappa shape index (κ2) is 4.30. The van der Waals surface area contributed by atoms with Crippen LogP contribution < -0.4 is 5.32 Å². The lowest BCUT2D eigenvalue weighted by Gasteiger charge is -2.18. The minimum atomic E-state index is -1.25. The van der Waals surface area contributed by atoms with Crippen LogP contribution in [-0.2, 0) is 7.05 Å². The fraction of sp³-hybridized carbons (Fsp3) is 0.308. The van der Waals surface area contributed by atoms with Crippen LogP contribution in [0.1, 0.15) is 24.2 Å². The monoisotopic (exact) mass is 266 g/mol. The van der Waals surface area contributed by atoms with E-state index in [0.717, 1.165) is 10.9 Å². The van der Waals surface area contributed by atoms with Crippen LogP contribution in [0, 0.1) is 0 Å². The molecule has 0 fully saturated rings. The number of benzene rings is 1. The van der Waals surface area contributed by atoms with Crippen LogP contribution in [-0.4, -0.2) is 21.3 Å². The molecule has 4 nitrogen and oxygen atoms in total. The Balaban J connectivity index is 2.51. The van der Waals surface area contributed by atoms with Gasteiger partial charge in [-0.15, -0.1) is 0 Å². The Labute approximate surface area is 110 Å². The maximum atomic E-state index is 12.1. The van der Waals surface area contributed by atoms with Gasteiger partial charge in [0, 0.05) is 29.2 Å². The van der Waals surface area contributed by atoms with Gasteiger partial charge >= 0.3 is 0 Å². The van der Waals surface area contributed by atoms with E-state index in [4.69, 9.17) is 11.6 Å². The lowest BCUT2D eigenvalue weighted by molar-refractivity contribution is 0.0377. The van der Waals surface area contributed by atoms with Crippen molar-refractivity contribution in [1.82, 2.24) is 9.88 Å². The SMILES string of the molecule is Cn1cc(C(=O)NC(C)(C)O)c2cc(Cl)ccc21. The Bertz CT molecular complexity index is 611. The molecule has 1 amide bonds. The quantitative estimate of drug-likeness (QED) is 0.820. The number of carbonyl (C=O) groups excluding carboxylic acids is 1. The molecule has 2 N–H and O–H groups in total. The molecule has 0 atom stereocenters. The summed E-state index contributed by atoms with van der Waals surface area (Å²) in [4.78, 5) is 12.1. The Hall–Kier alpha value is -1.52. The molecule has 0 radical (unpaired) electrons. The van der Waals surface area contributed by atoms with Gasteiger partial charge in [0.2, 0.25) is 0 Å². The molecule has 0 unspecified atom stereocenters. The van der Waals surface area contributed by atoms with E-state index in [9.17, 15) is 9.90 Å². The highest BCUT2D eigenvalue weighted by molar-refractivity contribution is 6.31. The summed E-state index contributed by atoms with van der Waals surface area (Å²) in [5.41, 5.74) is 0.162. The van der Waals surface area contributed by atoms with Gasteiger partial charge < -0.3 is 15.0 Å². The molecule has 0 spiro atoms. The molecule has 1 aromatic carbocycles. The van der Waals surface area contributed by atoms with Gasteiger partial charge in [0.05, 0.1) is 5.56 Å². The number of amides is 1. The van der Waals surface area contributed by atoms with Crippen molar-refractivity contribution in [2.75, 3.05) is 0 Å². The molecule has 18 heavy (non-hydrogen) atoms. The maximum absolute atomic E-state index is 12.1. The Morgan fingerprint density at radius 2 is 2.11 bits per heavy atom. The van der Waals surface area contributed by atoms with Gasteiger partial charge in [-0.3, -0.25) is 4.79 Å². The van der Waals surface area contributed by atoms with E-state index in [1.807, 2.05) is 17.7 Å². The lowest BCUT2D eigenvalue weighted by atomic mass is 10.1. The van der Waals surface area contributed by atoms with Crippen molar-refractivity contribution in [2.45, 2.75) is 19.6 Å². The van der Waals surface area contributed by atoms with Crippen LogP contribution in [0.3, 0.4) is 0 Å². The first-order valence-electron chi connectivity index (χ1n) is 5.57. The Kier molecular flexibility index (Phi) is 3.09. The van der Waals surface area contributed by atoms with E-state index < -0.39 is 5.72 Å². The normalized spacial score (nSPS) is 11.8. The standard InChI is InChI=1S/C13H15ClN2O2/c1-13(2,18)15-12(17)10-7-16(3)11-5-4-8(14)6-9(10)11/h4-7,18H,1-3H3,(H,15,17). The summed E-state index contributed by atoms with van der Waals surface area (Å²) in [5.74, 6) is -0.324. The van der Waals surface area contributed by atoms with E-state index >= 15 is 0 Å². The molecule has 5 heteroatoms. The van der Waals surface area contributed by atoms with Crippen LogP contribution in [0.4, 0.5) is 0 Å². The molecule has 0 bridgehead atoms. The average molecular weight is 267 g/mol. The predicted octanol–water partition coefficient (Wildman–Crippen LogP) is 2.29. The van der Waals surface area contributed by atoms with Gasteiger partial charge in [-0.05, 0) is 32.0 Å². The number of nitrogens with one attached hydrogen (secondary N) is 1. The smallest absolute Gasteiger partial charge is 0.255 e. The first-order chi connectivity index (χ1) is 8.28. The number of fused-ring (bicyclic) bond motifs is 1. The van der Waals surface area contributed by atoms with Crippen molar-refractivity contribution in [3.63, 3.8) is 0 Å². The fourth-order valence-corrected chi connectivity index (χ4v) is 2.06. The zero-order chi connectivity index (χ0) is 13.5. The number of aryl methyl sites for hydroxylation is 1. The summed E-state index contributed by atoms with van der Waals surface area (Å²) in [6, 6.07) is 5.39. The third-order valence-corrected chi connectivity index (χ3v) is 2.85. The molecule has 0 saturated carbocycles. The number of hydrogen-bond donors (Lipinski definition) is 2. The summed E-state index contributed by atoms with van der Waals surface area (Å²) in [5, 5.41) is 13.5. The molecule has 0 saturated heterocycles. The second-order valence-electron chi connectivity index (χ2n) is 4.83. The first kappa shape index (κ1) is 12.9. The molecule has 2 rings (SSSR count). The minimum absolute atomic E-state index is 0.324. The highest BCUT2D eigenvalue weighted by Gasteiger charge is 2.20. The summed E-state index contributed by atoms with van der Waals surface area (Å²) in [6.07, 6.45) is 1.72. The van der Waals surface area contributed by atoms with Gasteiger partial charge in [-0.25, -0.2) is 0 Å². The Morgan fingerprint density at radius 3 is 2.72 bits per heavy atom. The molecular formula is C13H15ClN2O2. The van der Waals surface area contributed by atoms with Gasteiger partial charge in [-0.2, -0.15) is 0 Å². The van der Waals surface area contributed by atoms with Gasteiger partial charge in [-0.1, -0.05) is 11.6 Å². The van der Waals surface area contributed by atoms with Gasteiger partial charge in [0.1, 0.15) is 5.72 Å². The van der Waals surface area contributed by atoms with E-state index in [0.29, 0.717) is 10.6 Å². The number of aliphatic hydroxyl groups is 1. The number of hydrogen-bond acceptors (Lipinski definition) is 2. The molecule has 2 aromatic rings. The number of carbonyl (C=O) groups is 1. The van der Waals surface area contributed by atoms with Crippen LogP contribution >= 0.6 is 11.6 Å².